The van der Waals surface area contributed by atoms with E-state index in [-0.39, 0.29) is 12.5 Å². The predicted molar refractivity (Wildman–Crippen MR) is 79.2 cm³/mol. The number of nitrogens with one attached hydrogen (secondary N) is 1. The summed E-state index contributed by atoms with van der Waals surface area (Å²) in [4.78, 5) is 20.0. The van der Waals surface area contributed by atoms with Gasteiger partial charge in [-0.25, -0.2) is 9.97 Å². The highest BCUT2D eigenvalue weighted by molar-refractivity contribution is 5.91. The molecule has 1 aromatic carbocycles. The Balaban J connectivity index is 1.74. The van der Waals surface area contributed by atoms with Gasteiger partial charge in [-0.05, 0) is 17.5 Å². The SMILES string of the molecule is COc1cc(NC(=O)Cn2ccc3ccccc32)ncn1. The fourth-order valence-electron chi connectivity index (χ4n) is 2.14. The number of para-hydroxylation sites is 1. The van der Waals surface area contributed by atoms with E-state index in [1.165, 1.54) is 13.4 Å². The van der Waals surface area contributed by atoms with Crippen molar-refractivity contribution in [3.8, 4) is 5.88 Å². The molecule has 0 saturated carbocycles. The number of aromatic nitrogens is 3. The summed E-state index contributed by atoms with van der Waals surface area (Å²) in [6.45, 7) is 0.222. The molecule has 106 valence electrons. The van der Waals surface area contributed by atoms with E-state index in [0.29, 0.717) is 11.7 Å². The van der Waals surface area contributed by atoms with Crippen LogP contribution in [-0.2, 0) is 11.3 Å². The molecular formula is C15H14N4O2. The van der Waals surface area contributed by atoms with E-state index in [9.17, 15) is 4.79 Å². The molecule has 2 heterocycles. The lowest BCUT2D eigenvalue weighted by Gasteiger charge is -2.07. The van der Waals surface area contributed by atoms with Crippen molar-refractivity contribution in [3.63, 3.8) is 0 Å². The molecule has 6 nitrogen and oxygen atoms in total. The average Bonchev–Trinajstić information content (AvgIpc) is 2.91. The Labute approximate surface area is 121 Å². The summed E-state index contributed by atoms with van der Waals surface area (Å²) in [7, 11) is 1.51. The summed E-state index contributed by atoms with van der Waals surface area (Å²) in [5, 5.41) is 3.83. The quantitative estimate of drug-likeness (QED) is 0.795. The Kier molecular flexibility index (Phi) is 3.51. The number of amides is 1. The zero-order valence-corrected chi connectivity index (χ0v) is 11.5. The molecule has 0 aliphatic carbocycles. The van der Waals surface area contributed by atoms with Gasteiger partial charge in [-0.15, -0.1) is 0 Å². The van der Waals surface area contributed by atoms with Crippen LogP contribution in [0.15, 0.2) is 48.9 Å². The second-order valence-corrected chi connectivity index (χ2v) is 4.50. The molecule has 3 rings (SSSR count). The van der Waals surface area contributed by atoms with Crippen molar-refractivity contribution in [1.29, 1.82) is 0 Å². The third-order valence-electron chi connectivity index (χ3n) is 3.11. The Morgan fingerprint density at radius 3 is 3.00 bits per heavy atom. The smallest absolute Gasteiger partial charge is 0.245 e. The van der Waals surface area contributed by atoms with Crippen LogP contribution in [-0.4, -0.2) is 27.6 Å². The van der Waals surface area contributed by atoms with Crippen LogP contribution in [0.3, 0.4) is 0 Å². The van der Waals surface area contributed by atoms with Gasteiger partial charge in [0.05, 0.1) is 7.11 Å². The number of carbonyl (C=O) groups excluding carboxylic acids is 1. The molecule has 3 aromatic rings. The molecule has 2 aromatic heterocycles. The molecule has 0 fully saturated rings. The van der Waals surface area contributed by atoms with Gasteiger partial charge in [0.1, 0.15) is 18.7 Å². The number of nitrogens with zero attached hydrogens (tertiary/aromatic N) is 3. The largest absolute Gasteiger partial charge is 0.481 e. The normalized spacial score (nSPS) is 10.5. The molecule has 1 amide bonds. The lowest BCUT2D eigenvalue weighted by molar-refractivity contribution is -0.116. The highest BCUT2D eigenvalue weighted by Crippen LogP contribution is 2.15. The zero-order chi connectivity index (χ0) is 14.7. The predicted octanol–water partition coefficient (Wildman–Crippen LogP) is 2.08. The van der Waals surface area contributed by atoms with Crippen LogP contribution in [0.2, 0.25) is 0 Å². The molecule has 0 spiro atoms. The first kappa shape index (κ1) is 13.1. The number of hydrogen-bond acceptors (Lipinski definition) is 4. The third-order valence-corrected chi connectivity index (χ3v) is 3.11. The van der Waals surface area contributed by atoms with E-state index in [1.807, 2.05) is 41.1 Å². The first-order chi connectivity index (χ1) is 10.3. The van der Waals surface area contributed by atoms with E-state index in [1.54, 1.807) is 6.07 Å². The van der Waals surface area contributed by atoms with Crippen molar-refractivity contribution in [1.82, 2.24) is 14.5 Å². The van der Waals surface area contributed by atoms with Gasteiger partial charge < -0.3 is 14.6 Å². The van der Waals surface area contributed by atoms with E-state index in [0.717, 1.165) is 10.9 Å². The van der Waals surface area contributed by atoms with Gasteiger partial charge in [0.15, 0.2) is 0 Å². The first-order valence-corrected chi connectivity index (χ1v) is 6.46. The number of carbonyl (C=O) groups is 1. The average molecular weight is 282 g/mol. The third kappa shape index (κ3) is 2.84. The molecule has 0 bridgehead atoms. The number of benzene rings is 1. The van der Waals surface area contributed by atoms with E-state index < -0.39 is 0 Å². The molecule has 0 aliphatic rings. The summed E-state index contributed by atoms with van der Waals surface area (Å²) in [6, 6.07) is 11.5. The van der Waals surface area contributed by atoms with Gasteiger partial charge in [0.25, 0.3) is 0 Å². The van der Waals surface area contributed by atoms with Crippen LogP contribution in [0.4, 0.5) is 5.82 Å². The summed E-state index contributed by atoms with van der Waals surface area (Å²) >= 11 is 0. The molecule has 1 N–H and O–H groups in total. The first-order valence-electron chi connectivity index (χ1n) is 6.46. The molecule has 0 atom stereocenters. The molecule has 0 radical (unpaired) electrons. The van der Waals surface area contributed by atoms with Crippen LogP contribution >= 0.6 is 0 Å². The number of rotatable bonds is 4. The maximum atomic E-state index is 12.1. The summed E-state index contributed by atoms with van der Waals surface area (Å²) in [5.41, 5.74) is 1.02. The van der Waals surface area contributed by atoms with Crippen molar-refractivity contribution < 1.29 is 9.53 Å². The number of ether oxygens (including phenoxy) is 1. The maximum Gasteiger partial charge on any atom is 0.245 e. The van der Waals surface area contributed by atoms with Gasteiger partial charge in [0, 0.05) is 17.8 Å². The topological polar surface area (TPSA) is 69.0 Å². The van der Waals surface area contributed by atoms with Crippen LogP contribution in [0.5, 0.6) is 5.88 Å². The van der Waals surface area contributed by atoms with Crippen molar-refractivity contribution in [2.24, 2.45) is 0 Å². The Morgan fingerprint density at radius 2 is 2.14 bits per heavy atom. The summed E-state index contributed by atoms with van der Waals surface area (Å²) in [5.74, 6) is 0.673. The number of hydrogen-bond donors (Lipinski definition) is 1. The van der Waals surface area contributed by atoms with E-state index >= 15 is 0 Å². The Bertz CT molecular complexity index is 782. The van der Waals surface area contributed by atoms with Gasteiger partial charge in [-0.1, -0.05) is 18.2 Å². The fourth-order valence-corrected chi connectivity index (χ4v) is 2.14. The van der Waals surface area contributed by atoms with Crippen molar-refractivity contribution in [2.75, 3.05) is 12.4 Å². The maximum absolute atomic E-state index is 12.1. The Morgan fingerprint density at radius 1 is 1.29 bits per heavy atom. The molecule has 21 heavy (non-hydrogen) atoms. The number of fused-ring (bicyclic) bond motifs is 1. The van der Waals surface area contributed by atoms with Crippen molar-refractivity contribution in [3.05, 3.63) is 48.9 Å². The van der Waals surface area contributed by atoms with Crippen LogP contribution in [0, 0.1) is 0 Å². The van der Waals surface area contributed by atoms with E-state index in [2.05, 4.69) is 15.3 Å². The second-order valence-electron chi connectivity index (χ2n) is 4.50. The van der Waals surface area contributed by atoms with E-state index in [4.69, 9.17) is 4.74 Å². The molecule has 6 heteroatoms. The monoisotopic (exact) mass is 282 g/mol. The number of methoxy groups -OCH3 is 1. The van der Waals surface area contributed by atoms with Crippen LogP contribution in [0.25, 0.3) is 10.9 Å². The van der Waals surface area contributed by atoms with Crippen LogP contribution in [0.1, 0.15) is 0 Å². The van der Waals surface area contributed by atoms with Gasteiger partial charge in [-0.2, -0.15) is 0 Å². The summed E-state index contributed by atoms with van der Waals surface area (Å²) in [6.07, 6.45) is 3.24. The van der Waals surface area contributed by atoms with Crippen LogP contribution < -0.4 is 10.1 Å². The minimum Gasteiger partial charge on any atom is -0.481 e. The molecular weight excluding hydrogens is 268 g/mol. The van der Waals surface area contributed by atoms with Gasteiger partial charge in [-0.3, -0.25) is 4.79 Å². The zero-order valence-electron chi connectivity index (χ0n) is 11.5. The second kappa shape index (κ2) is 5.62. The lowest BCUT2D eigenvalue weighted by atomic mass is 10.2. The minimum absolute atomic E-state index is 0.155. The fraction of sp³-hybridized carbons (Fsp3) is 0.133. The van der Waals surface area contributed by atoms with Gasteiger partial charge in [0.2, 0.25) is 11.8 Å². The minimum atomic E-state index is -0.155. The molecule has 0 aliphatic heterocycles. The standard InChI is InChI=1S/C15H14N4O2/c1-21-15-8-13(16-10-17-15)18-14(20)9-19-7-6-11-4-2-3-5-12(11)19/h2-8,10H,9H2,1H3,(H,16,17,18,20). The molecule has 0 saturated heterocycles. The van der Waals surface area contributed by atoms with Crippen molar-refractivity contribution >= 4 is 22.6 Å². The molecule has 0 unspecified atom stereocenters. The summed E-state index contributed by atoms with van der Waals surface area (Å²) < 4.78 is 6.88. The number of anilines is 1. The Hall–Kier alpha value is -2.89. The lowest BCUT2D eigenvalue weighted by Crippen LogP contribution is -2.19. The highest BCUT2D eigenvalue weighted by atomic mass is 16.5. The van der Waals surface area contributed by atoms with Gasteiger partial charge >= 0.3 is 0 Å². The van der Waals surface area contributed by atoms with Crippen molar-refractivity contribution in [2.45, 2.75) is 6.54 Å². The highest BCUT2D eigenvalue weighted by Gasteiger charge is 2.07.